The molecule has 140 valence electrons. The van der Waals surface area contributed by atoms with Crippen molar-refractivity contribution in [1.29, 1.82) is 5.26 Å². The molecule has 8 nitrogen and oxygen atoms in total. The van der Waals surface area contributed by atoms with E-state index in [-0.39, 0.29) is 24.5 Å². The van der Waals surface area contributed by atoms with Crippen molar-refractivity contribution in [2.75, 3.05) is 0 Å². The Labute approximate surface area is 159 Å². The minimum absolute atomic E-state index is 0.0242. The summed E-state index contributed by atoms with van der Waals surface area (Å²) in [5, 5.41) is 18.0. The van der Waals surface area contributed by atoms with E-state index < -0.39 is 17.1 Å². The average Bonchev–Trinajstić information content (AvgIpc) is 2.70. The lowest BCUT2D eigenvalue weighted by molar-refractivity contribution is -0.144. The first-order valence-corrected chi connectivity index (χ1v) is 8.13. The molecule has 3 aromatic rings. The molecule has 0 unspecified atom stereocenters. The number of benzene rings is 1. The van der Waals surface area contributed by atoms with Crippen molar-refractivity contribution in [3.05, 3.63) is 82.2 Å². The van der Waals surface area contributed by atoms with Gasteiger partial charge in [-0.2, -0.15) is 5.26 Å². The highest BCUT2D eigenvalue weighted by Crippen LogP contribution is 2.22. The fraction of sp³-hybridized carbons (Fsp3) is 0.100. The summed E-state index contributed by atoms with van der Waals surface area (Å²) >= 11 is 0. The molecule has 0 fully saturated rings. The van der Waals surface area contributed by atoms with Crippen molar-refractivity contribution in [1.82, 2.24) is 4.98 Å². The zero-order valence-electron chi connectivity index (χ0n) is 14.5. The van der Waals surface area contributed by atoms with E-state index in [9.17, 15) is 9.59 Å². The van der Waals surface area contributed by atoms with Gasteiger partial charge in [-0.3, -0.25) is 9.59 Å². The van der Waals surface area contributed by atoms with Crippen LogP contribution in [0, 0.1) is 11.3 Å². The van der Waals surface area contributed by atoms with E-state index in [1.807, 2.05) is 6.07 Å². The van der Waals surface area contributed by atoms with E-state index in [0.29, 0.717) is 17.1 Å². The lowest BCUT2D eigenvalue weighted by Gasteiger charge is -2.07. The second kappa shape index (κ2) is 8.51. The fourth-order valence-corrected chi connectivity index (χ4v) is 2.24. The number of pyridine rings is 1. The summed E-state index contributed by atoms with van der Waals surface area (Å²) in [5.74, 6) is 0.145. The number of rotatable bonds is 6. The highest BCUT2D eigenvalue weighted by Gasteiger charge is 2.08. The Morgan fingerprint density at radius 3 is 2.68 bits per heavy atom. The molecular weight excluding hydrogens is 364 g/mol. The quantitative estimate of drug-likeness (QED) is 0.650. The van der Waals surface area contributed by atoms with Gasteiger partial charge in [0.15, 0.2) is 5.75 Å². The van der Waals surface area contributed by atoms with Crippen molar-refractivity contribution >= 4 is 5.97 Å². The molecule has 0 saturated carbocycles. The van der Waals surface area contributed by atoms with E-state index in [1.165, 1.54) is 12.3 Å². The van der Waals surface area contributed by atoms with Crippen LogP contribution in [-0.2, 0) is 22.6 Å². The van der Waals surface area contributed by atoms with Gasteiger partial charge in [0.05, 0.1) is 6.42 Å². The number of esters is 1. The molecule has 0 saturated heterocycles. The van der Waals surface area contributed by atoms with Crippen LogP contribution in [0.4, 0.5) is 0 Å². The highest BCUT2D eigenvalue weighted by atomic mass is 16.5. The molecule has 0 aliphatic carbocycles. The molecule has 0 aliphatic heterocycles. The zero-order valence-corrected chi connectivity index (χ0v) is 14.5. The summed E-state index contributed by atoms with van der Waals surface area (Å²) in [7, 11) is 0. The van der Waals surface area contributed by atoms with E-state index in [4.69, 9.17) is 24.3 Å². The van der Waals surface area contributed by atoms with Crippen LogP contribution < -0.4 is 10.2 Å². The molecule has 28 heavy (non-hydrogen) atoms. The van der Waals surface area contributed by atoms with Crippen molar-refractivity contribution in [2.45, 2.75) is 13.0 Å². The van der Waals surface area contributed by atoms with Gasteiger partial charge in [0.25, 0.3) is 0 Å². The second-order valence-electron chi connectivity index (χ2n) is 5.67. The topological polar surface area (TPSA) is 123 Å². The normalized spacial score (nSPS) is 10.1. The molecule has 3 rings (SSSR count). The lowest BCUT2D eigenvalue weighted by Crippen LogP contribution is -2.09. The average molecular weight is 378 g/mol. The minimum atomic E-state index is -0.607. The third-order valence-corrected chi connectivity index (χ3v) is 3.60. The Morgan fingerprint density at radius 2 is 1.96 bits per heavy atom. The molecular formula is C20H14N2O6. The van der Waals surface area contributed by atoms with E-state index in [1.54, 1.807) is 30.3 Å². The van der Waals surface area contributed by atoms with Gasteiger partial charge in [0, 0.05) is 18.3 Å². The van der Waals surface area contributed by atoms with Crippen LogP contribution in [0.15, 0.2) is 64.1 Å². The second-order valence-corrected chi connectivity index (χ2v) is 5.67. The summed E-state index contributed by atoms with van der Waals surface area (Å²) in [6, 6.07) is 13.0. The molecule has 2 heterocycles. The maximum atomic E-state index is 11.9. The van der Waals surface area contributed by atoms with Crippen LogP contribution in [0.1, 0.15) is 17.0 Å². The molecule has 0 atom stereocenters. The van der Waals surface area contributed by atoms with Crippen LogP contribution in [0.25, 0.3) is 0 Å². The van der Waals surface area contributed by atoms with Crippen LogP contribution in [0.2, 0.25) is 0 Å². The summed E-state index contributed by atoms with van der Waals surface area (Å²) in [6.45, 7) is -0.210. The third kappa shape index (κ3) is 4.95. The standard InChI is InChI=1S/C20H14N2O6/c21-10-14-8-16(5-6-22-14)28-15-3-1-13(2-4-15)7-20(25)27-11-17-9-18(23)19(24)12-26-17/h1-6,8-9,12,24H,7,11H2. The molecule has 0 spiro atoms. The molecule has 2 aromatic heterocycles. The van der Waals surface area contributed by atoms with Gasteiger partial charge >= 0.3 is 5.97 Å². The van der Waals surface area contributed by atoms with Gasteiger partial charge < -0.3 is 19.0 Å². The van der Waals surface area contributed by atoms with Crippen LogP contribution in [0.3, 0.4) is 0 Å². The number of aromatic hydroxyl groups is 1. The Balaban J connectivity index is 1.54. The molecule has 0 bridgehead atoms. The first-order chi connectivity index (χ1) is 13.5. The van der Waals surface area contributed by atoms with Crippen LogP contribution in [-0.4, -0.2) is 16.1 Å². The molecule has 0 amide bonds. The van der Waals surface area contributed by atoms with E-state index >= 15 is 0 Å². The van der Waals surface area contributed by atoms with Gasteiger partial charge in [-0.05, 0) is 23.8 Å². The number of aromatic nitrogens is 1. The van der Waals surface area contributed by atoms with Gasteiger partial charge in [-0.1, -0.05) is 12.1 Å². The van der Waals surface area contributed by atoms with Crippen molar-refractivity contribution in [3.8, 4) is 23.3 Å². The number of nitriles is 1. The molecule has 1 N–H and O–H groups in total. The lowest BCUT2D eigenvalue weighted by atomic mass is 10.1. The number of hydrogen-bond donors (Lipinski definition) is 1. The Hall–Kier alpha value is -4.12. The third-order valence-electron chi connectivity index (χ3n) is 3.60. The first kappa shape index (κ1) is 18.7. The molecule has 0 aliphatic rings. The van der Waals surface area contributed by atoms with E-state index in [2.05, 4.69) is 4.98 Å². The summed E-state index contributed by atoms with van der Waals surface area (Å²) in [6.07, 6.45) is 2.40. The monoisotopic (exact) mass is 378 g/mol. The summed E-state index contributed by atoms with van der Waals surface area (Å²) in [4.78, 5) is 27.1. The van der Waals surface area contributed by atoms with Crippen LogP contribution in [0.5, 0.6) is 17.2 Å². The maximum absolute atomic E-state index is 11.9. The zero-order chi connectivity index (χ0) is 19.9. The summed E-state index contributed by atoms with van der Waals surface area (Å²) in [5.41, 5.74) is 0.349. The van der Waals surface area contributed by atoms with Crippen molar-refractivity contribution in [2.24, 2.45) is 0 Å². The number of nitrogens with zero attached hydrogens (tertiary/aromatic N) is 2. The Bertz CT molecular complexity index is 1080. The molecule has 8 heteroatoms. The summed E-state index contributed by atoms with van der Waals surface area (Å²) < 4.78 is 15.7. The number of ether oxygens (including phenoxy) is 2. The Kier molecular flexibility index (Phi) is 5.67. The predicted molar refractivity (Wildman–Crippen MR) is 95.6 cm³/mol. The van der Waals surface area contributed by atoms with Gasteiger partial charge in [0.1, 0.15) is 41.9 Å². The molecule has 0 radical (unpaired) electrons. The highest BCUT2D eigenvalue weighted by molar-refractivity contribution is 5.72. The number of hydrogen-bond acceptors (Lipinski definition) is 8. The van der Waals surface area contributed by atoms with Gasteiger partial charge in [-0.15, -0.1) is 0 Å². The number of carbonyl (C=O) groups is 1. The van der Waals surface area contributed by atoms with E-state index in [0.717, 1.165) is 12.3 Å². The van der Waals surface area contributed by atoms with Gasteiger partial charge in [-0.25, -0.2) is 4.98 Å². The van der Waals surface area contributed by atoms with Crippen molar-refractivity contribution in [3.63, 3.8) is 0 Å². The van der Waals surface area contributed by atoms with Crippen LogP contribution >= 0.6 is 0 Å². The van der Waals surface area contributed by atoms with Crippen molar-refractivity contribution < 1.29 is 23.8 Å². The largest absolute Gasteiger partial charge is 0.502 e. The Morgan fingerprint density at radius 1 is 1.18 bits per heavy atom. The number of carbonyl (C=O) groups excluding carboxylic acids is 1. The maximum Gasteiger partial charge on any atom is 0.310 e. The first-order valence-electron chi connectivity index (χ1n) is 8.13. The smallest absolute Gasteiger partial charge is 0.310 e. The minimum Gasteiger partial charge on any atom is -0.502 e. The predicted octanol–water partition coefficient (Wildman–Crippen LogP) is 2.69. The SMILES string of the molecule is N#Cc1cc(Oc2ccc(CC(=O)OCc3cc(=O)c(O)co3)cc2)ccn1. The van der Waals surface area contributed by atoms with Gasteiger partial charge in [0.2, 0.25) is 5.43 Å². The fourth-order valence-electron chi connectivity index (χ4n) is 2.24. The molecule has 1 aromatic carbocycles.